The van der Waals surface area contributed by atoms with Crippen molar-refractivity contribution < 1.29 is 14.3 Å². The maximum absolute atomic E-state index is 12.4. The lowest BCUT2D eigenvalue weighted by Crippen LogP contribution is -2.36. The lowest BCUT2D eigenvalue weighted by molar-refractivity contribution is -0.118. The van der Waals surface area contributed by atoms with Crippen LogP contribution in [0.1, 0.15) is 68.8 Å². The molecule has 1 aliphatic rings. The fourth-order valence-corrected chi connectivity index (χ4v) is 3.62. The molecule has 0 aromatic heterocycles. The largest absolute Gasteiger partial charge is 0.484 e. The minimum Gasteiger partial charge on any atom is -0.484 e. The first kappa shape index (κ1) is 21.9. The van der Waals surface area contributed by atoms with Crippen LogP contribution in [0.25, 0.3) is 0 Å². The molecule has 0 spiro atoms. The van der Waals surface area contributed by atoms with Crippen LogP contribution < -0.4 is 15.4 Å². The fourth-order valence-electron chi connectivity index (χ4n) is 3.62. The van der Waals surface area contributed by atoms with Gasteiger partial charge in [0.1, 0.15) is 5.75 Å². The molecular weight excluding hydrogens is 376 g/mol. The standard InChI is InChI=1S/C25H32N2O3/c1-25(2,3)19-11-15-22(16-12-19)30-17-23(28)26-21-13-9-18(10-14-21)24(29)27-20-7-5-4-6-8-20/h9-16,20H,4-8,17H2,1-3H3,(H,26,28)(H,27,29). The van der Waals surface area contributed by atoms with Crippen molar-refractivity contribution in [2.24, 2.45) is 0 Å². The number of nitrogens with one attached hydrogen (secondary N) is 2. The van der Waals surface area contributed by atoms with Gasteiger partial charge in [0.2, 0.25) is 0 Å². The zero-order chi connectivity index (χ0) is 21.6. The van der Waals surface area contributed by atoms with Crippen molar-refractivity contribution in [2.75, 3.05) is 11.9 Å². The van der Waals surface area contributed by atoms with E-state index in [1.807, 2.05) is 24.3 Å². The van der Waals surface area contributed by atoms with Crippen molar-refractivity contribution in [1.82, 2.24) is 5.32 Å². The Bertz CT molecular complexity index is 845. The van der Waals surface area contributed by atoms with Crippen molar-refractivity contribution in [2.45, 2.75) is 64.3 Å². The minimum absolute atomic E-state index is 0.0539. The highest BCUT2D eigenvalue weighted by Crippen LogP contribution is 2.24. The second-order valence-electron chi connectivity index (χ2n) is 9.00. The number of carbonyl (C=O) groups excluding carboxylic acids is 2. The first-order valence-corrected chi connectivity index (χ1v) is 10.8. The highest BCUT2D eigenvalue weighted by molar-refractivity contribution is 5.96. The Hall–Kier alpha value is -2.82. The van der Waals surface area contributed by atoms with Crippen LogP contribution >= 0.6 is 0 Å². The molecule has 1 saturated carbocycles. The Morgan fingerprint density at radius 1 is 0.933 bits per heavy atom. The molecule has 0 bridgehead atoms. The summed E-state index contributed by atoms with van der Waals surface area (Å²) in [6.07, 6.45) is 5.72. The molecule has 2 aromatic carbocycles. The van der Waals surface area contributed by atoms with E-state index in [9.17, 15) is 9.59 Å². The molecule has 0 unspecified atom stereocenters. The SMILES string of the molecule is CC(C)(C)c1ccc(OCC(=O)Nc2ccc(C(=O)NC3CCCCC3)cc2)cc1. The summed E-state index contributed by atoms with van der Waals surface area (Å²) < 4.78 is 5.58. The van der Waals surface area contributed by atoms with Crippen molar-refractivity contribution in [1.29, 1.82) is 0 Å². The van der Waals surface area contributed by atoms with E-state index < -0.39 is 0 Å². The second-order valence-corrected chi connectivity index (χ2v) is 9.00. The Kier molecular flexibility index (Phi) is 7.14. The van der Waals surface area contributed by atoms with Gasteiger partial charge in [0.15, 0.2) is 6.61 Å². The lowest BCUT2D eigenvalue weighted by Gasteiger charge is -2.22. The van der Waals surface area contributed by atoms with Gasteiger partial charge in [-0.3, -0.25) is 9.59 Å². The summed E-state index contributed by atoms with van der Waals surface area (Å²) in [5, 5.41) is 5.90. The van der Waals surface area contributed by atoms with E-state index in [1.165, 1.54) is 24.8 Å². The summed E-state index contributed by atoms with van der Waals surface area (Å²) >= 11 is 0. The predicted octanol–water partition coefficient (Wildman–Crippen LogP) is 5.06. The van der Waals surface area contributed by atoms with Crippen molar-refractivity contribution in [3.63, 3.8) is 0 Å². The number of carbonyl (C=O) groups is 2. The molecule has 1 aliphatic carbocycles. The maximum atomic E-state index is 12.4. The maximum Gasteiger partial charge on any atom is 0.262 e. The molecule has 30 heavy (non-hydrogen) atoms. The first-order chi connectivity index (χ1) is 14.3. The molecule has 0 saturated heterocycles. The summed E-state index contributed by atoms with van der Waals surface area (Å²) in [7, 11) is 0. The Morgan fingerprint density at radius 2 is 1.57 bits per heavy atom. The van der Waals surface area contributed by atoms with Crippen molar-refractivity contribution in [3.05, 3.63) is 59.7 Å². The molecule has 0 atom stereocenters. The van der Waals surface area contributed by atoms with Crippen LogP contribution in [0, 0.1) is 0 Å². The third-order valence-corrected chi connectivity index (χ3v) is 5.46. The average Bonchev–Trinajstić information content (AvgIpc) is 2.73. The predicted molar refractivity (Wildman–Crippen MR) is 120 cm³/mol. The van der Waals surface area contributed by atoms with Gasteiger partial charge in [0.25, 0.3) is 11.8 Å². The Balaban J connectivity index is 1.46. The van der Waals surface area contributed by atoms with Crippen molar-refractivity contribution >= 4 is 17.5 Å². The molecule has 2 amide bonds. The van der Waals surface area contributed by atoms with E-state index in [0.29, 0.717) is 17.0 Å². The van der Waals surface area contributed by atoms with Gasteiger partial charge in [-0.2, -0.15) is 0 Å². The quantitative estimate of drug-likeness (QED) is 0.702. The molecule has 2 N–H and O–H groups in total. The van der Waals surface area contributed by atoms with Crippen LogP contribution in [-0.4, -0.2) is 24.5 Å². The minimum atomic E-state index is -0.241. The monoisotopic (exact) mass is 408 g/mol. The molecule has 2 aromatic rings. The van der Waals surface area contributed by atoms with Crippen LogP contribution in [0.5, 0.6) is 5.75 Å². The summed E-state index contributed by atoms with van der Waals surface area (Å²) in [5.74, 6) is 0.365. The van der Waals surface area contributed by atoms with Gasteiger partial charge in [-0.1, -0.05) is 52.2 Å². The molecule has 5 heteroatoms. The topological polar surface area (TPSA) is 67.4 Å². The molecule has 3 rings (SSSR count). The van der Waals surface area contributed by atoms with Gasteiger partial charge in [0.05, 0.1) is 0 Å². The molecule has 5 nitrogen and oxygen atoms in total. The Labute approximate surface area is 179 Å². The number of hydrogen-bond donors (Lipinski definition) is 2. The number of hydrogen-bond acceptors (Lipinski definition) is 3. The second kappa shape index (κ2) is 9.79. The van der Waals surface area contributed by atoms with Gasteiger partial charge in [-0.25, -0.2) is 0 Å². The van der Waals surface area contributed by atoms with Gasteiger partial charge < -0.3 is 15.4 Å². The molecule has 0 aliphatic heterocycles. The summed E-state index contributed by atoms with van der Waals surface area (Å²) in [6, 6.07) is 15.0. The van der Waals surface area contributed by atoms with Crippen LogP contribution in [0.4, 0.5) is 5.69 Å². The molecule has 1 fully saturated rings. The summed E-state index contributed by atoms with van der Waals surface area (Å²) in [6.45, 7) is 6.39. The number of benzene rings is 2. The molecule has 0 heterocycles. The van der Waals surface area contributed by atoms with E-state index in [0.717, 1.165) is 12.8 Å². The molecule has 0 radical (unpaired) electrons. The zero-order valence-corrected chi connectivity index (χ0v) is 18.2. The van der Waals surface area contributed by atoms with Gasteiger partial charge >= 0.3 is 0 Å². The van der Waals surface area contributed by atoms with E-state index >= 15 is 0 Å². The van der Waals surface area contributed by atoms with E-state index in [4.69, 9.17) is 4.74 Å². The van der Waals surface area contributed by atoms with E-state index in [-0.39, 0.29) is 29.9 Å². The third kappa shape index (κ3) is 6.34. The first-order valence-electron chi connectivity index (χ1n) is 10.8. The summed E-state index contributed by atoms with van der Waals surface area (Å²) in [4.78, 5) is 24.6. The van der Waals surface area contributed by atoms with Crippen LogP contribution in [0.15, 0.2) is 48.5 Å². The van der Waals surface area contributed by atoms with Gasteiger partial charge in [-0.05, 0) is 60.2 Å². The van der Waals surface area contributed by atoms with Gasteiger partial charge in [-0.15, -0.1) is 0 Å². The van der Waals surface area contributed by atoms with E-state index in [2.05, 4.69) is 31.4 Å². The molecular formula is C25H32N2O3. The lowest BCUT2D eigenvalue weighted by atomic mass is 9.87. The Morgan fingerprint density at radius 3 is 2.17 bits per heavy atom. The summed E-state index contributed by atoms with van der Waals surface area (Å²) in [5.41, 5.74) is 2.54. The number of amides is 2. The zero-order valence-electron chi connectivity index (χ0n) is 18.2. The highest BCUT2D eigenvalue weighted by atomic mass is 16.5. The smallest absolute Gasteiger partial charge is 0.262 e. The third-order valence-electron chi connectivity index (χ3n) is 5.46. The number of anilines is 1. The average molecular weight is 409 g/mol. The van der Waals surface area contributed by atoms with Crippen LogP contribution in [-0.2, 0) is 10.2 Å². The highest BCUT2D eigenvalue weighted by Gasteiger charge is 2.17. The molecule has 160 valence electrons. The normalized spacial score (nSPS) is 14.8. The number of rotatable bonds is 6. The van der Waals surface area contributed by atoms with E-state index in [1.54, 1.807) is 24.3 Å². The van der Waals surface area contributed by atoms with Crippen molar-refractivity contribution in [3.8, 4) is 5.75 Å². The fraction of sp³-hybridized carbons (Fsp3) is 0.440. The van der Waals surface area contributed by atoms with Crippen LogP contribution in [0.2, 0.25) is 0 Å². The number of ether oxygens (including phenoxy) is 1. The van der Waals surface area contributed by atoms with Gasteiger partial charge in [0, 0.05) is 17.3 Å². The van der Waals surface area contributed by atoms with Crippen LogP contribution in [0.3, 0.4) is 0 Å².